The first-order valence-corrected chi connectivity index (χ1v) is 8.27. The Bertz CT molecular complexity index is 789. The first-order chi connectivity index (χ1) is 11.5. The number of carbonyl (C=O) groups is 1. The number of aromatic nitrogens is 1. The zero-order chi connectivity index (χ0) is 17.1. The first kappa shape index (κ1) is 16.5. The highest BCUT2D eigenvalue weighted by Gasteiger charge is 2.22. The van der Waals surface area contributed by atoms with E-state index >= 15 is 0 Å². The van der Waals surface area contributed by atoms with Gasteiger partial charge in [0.25, 0.3) is 11.5 Å². The summed E-state index contributed by atoms with van der Waals surface area (Å²) < 4.78 is 1.47. The van der Waals surface area contributed by atoms with Crippen molar-refractivity contribution in [3.8, 4) is 0 Å². The normalized spacial score (nSPS) is 15.5. The average molecular weight is 325 g/mol. The molecule has 1 saturated heterocycles. The van der Waals surface area contributed by atoms with Gasteiger partial charge in [0.05, 0.1) is 0 Å². The van der Waals surface area contributed by atoms with Gasteiger partial charge in [0.15, 0.2) is 0 Å². The third kappa shape index (κ3) is 3.74. The predicted molar refractivity (Wildman–Crippen MR) is 94.0 cm³/mol. The van der Waals surface area contributed by atoms with E-state index in [-0.39, 0.29) is 11.5 Å². The van der Waals surface area contributed by atoms with Crippen molar-refractivity contribution in [3.05, 3.63) is 69.6 Å². The van der Waals surface area contributed by atoms with Crippen LogP contribution in [-0.2, 0) is 13.6 Å². The number of benzene rings is 1. The van der Waals surface area contributed by atoms with Gasteiger partial charge >= 0.3 is 0 Å². The summed E-state index contributed by atoms with van der Waals surface area (Å²) in [5, 5.41) is 0. The second kappa shape index (κ2) is 7.01. The second-order valence-electron chi connectivity index (χ2n) is 6.42. The molecule has 5 nitrogen and oxygen atoms in total. The molecule has 0 atom stereocenters. The van der Waals surface area contributed by atoms with Gasteiger partial charge in [-0.05, 0) is 18.6 Å². The van der Waals surface area contributed by atoms with Crippen molar-refractivity contribution in [3.63, 3.8) is 0 Å². The number of hydrogen-bond acceptors (Lipinski definition) is 3. The maximum atomic E-state index is 12.5. The van der Waals surface area contributed by atoms with Crippen molar-refractivity contribution in [2.75, 3.05) is 26.2 Å². The molecule has 5 heteroatoms. The molecule has 0 unspecified atom stereocenters. The zero-order valence-corrected chi connectivity index (χ0v) is 14.2. The molecule has 0 aliphatic carbocycles. The van der Waals surface area contributed by atoms with Crippen LogP contribution in [0.5, 0.6) is 0 Å². The third-order valence-electron chi connectivity index (χ3n) is 4.50. The minimum absolute atomic E-state index is 0.0529. The minimum atomic E-state index is -0.154. The van der Waals surface area contributed by atoms with Crippen molar-refractivity contribution in [1.82, 2.24) is 14.4 Å². The first-order valence-electron chi connectivity index (χ1n) is 8.27. The molecule has 2 aromatic rings. The van der Waals surface area contributed by atoms with Crippen LogP contribution in [0, 0.1) is 6.92 Å². The lowest BCUT2D eigenvalue weighted by atomic mass is 10.1. The number of hydrogen-bond donors (Lipinski definition) is 0. The second-order valence-corrected chi connectivity index (χ2v) is 6.42. The van der Waals surface area contributed by atoms with E-state index in [1.807, 2.05) is 4.90 Å². The van der Waals surface area contributed by atoms with Crippen LogP contribution < -0.4 is 5.56 Å². The fraction of sp³-hybridized carbons (Fsp3) is 0.368. The molecule has 126 valence electrons. The molecule has 1 aliphatic heterocycles. The molecular formula is C19H23N3O2. The maximum absolute atomic E-state index is 12.5. The molecule has 1 fully saturated rings. The Hall–Kier alpha value is -2.40. The van der Waals surface area contributed by atoms with Gasteiger partial charge in [-0.1, -0.05) is 29.8 Å². The van der Waals surface area contributed by atoms with Gasteiger partial charge in [-0.3, -0.25) is 14.5 Å². The summed E-state index contributed by atoms with van der Waals surface area (Å²) in [6, 6.07) is 11.7. The van der Waals surface area contributed by atoms with Crippen LogP contribution in [0.25, 0.3) is 0 Å². The van der Waals surface area contributed by atoms with Crippen LogP contribution in [0.4, 0.5) is 0 Å². The lowest BCUT2D eigenvalue weighted by Gasteiger charge is -2.34. The molecular weight excluding hydrogens is 302 g/mol. The Morgan fingerprint density at radius 3 is 2.50 bits per heavy atom. The summed E-state index contributed by atoms with van der Waals surface area (Å²) >= 11 is 0. The molecule has 0 N–H and O–H groups in total. The number of amides is 1. The van der Waals surface area contributed by atoms with Gasteiger partial charge < -0.3 is 9.47 Å². The fourth-order valence-electron chi connectivity index (χ4n) is 3.04. The molecule has 0 spiro atoms. The summed E-state index contributed by atoms with van der Waals surface area (Å²) in [7, 11) is 1.68. The summed E-state index contributed by atoms with van der Waals surface area (Å²) in [5.74, 6) is -0.0529. The Morgan fingerprint density at radius 1 is 1.08 bits per heavy atom. The molecule has 24 heavy (non-hydrogen) atoms. The summed E-state index contributed by atoms with van der Waals surface area (Å²) in [6.07, 6.45) is 1.64. The van der Waals surface area contributed by atoms with Gasteiger partial charge in [0, 0.05) is 57.6 Å². The van der Waals surface area contributed by atoms with Gasteiger partial charge in [-0.15, -0.1) is 0 Å². The van der Waals surface area contributed by atoms with E-state index in [1.54, 1.807) is 19.3 Å². The molecule has 0 saturated carbocycles. The Morgan fingerprint density at radius 2 is 1.83 bits per heavy atom. The number of nitrogens with zero attached hydrogens (tertiary/aromatic N) is 3. The van der Waals surface area contributed by atoms with Gasteiger partial charge in [0.1, 0.15) is 0 Å². The fourth-order valence-corrected chi connectivity index (χ4v) is 3.04. The van der Waals surface area contributed by atoms with Crippen LogP contribution >= 0.6 is 0 Å². The van der Waals surface area contributed by atoms with Crippen molar-refractivity contribution in [2.45, 2.75) is 13.5 Å². The summed E-state index contributed by atoms with van der Waals surface area (Å²) in [5.41, 5.74) is 2.90. The van der Waals surface area contributed by atoms with Crippen molar-refractivity contribution >= 4 is 5.91 Å². The quantitative estimate of drug-likeness (QED) is 0.862. The Kier molecular flexibility index (Phi) is 4.81. The molecule has 1 amide bonds. The third-order valence-corrected chi connectivity index (χ3v) is 4.50. The number of pyridine rings is 1. The van der Waals surface area contributed by atoms with E-state index in [4.69, 9.17) is 0 Å². The van der Waals surface area contributed by atoms with E-state index in [2.05, 4.69) is 36.1 Å². The van der Waals surface area contributed by atoms with Crippen molar-refractivity contribution in [1.29, 1.82) is 0 Å². The highest BCUT2D eigenvalue weighted by atomic mass is 16.2. The highest BCUT2D eigenvalue weighted by Crippen LogP contribution is 2.12. The highest BCUT2D eigenvalue weighted by molar-refractivity contribution is 5.94. The standard InChI is InChI=1S/C19H23N3O2/c1-15-4-3-5-16(12-15)14-21-8-10-22(11-9-21)19(24)17-6-7-20(2)18(23)13-17/h3-7,12-13H,8-11,14H2,1-2H3. The maximum Gasteiger partial charge on any atom is 0.254 e. The molecule has 1 aliphatic rings. The molecule has 0 radical (unpaired) electrons. The van der Waals surface area contributed by atoms with Gasteiger partial charge in [0.2, 0.25) is 0 Å². The number of rotatable bonds is 3. The minimum Gasteiger partial charge on any atom is -0.336 e. The van der Waals surface area contributed by atoms with Crippen molar-refractivity contribution < 1.29 is 4.79 Å². The SMILES string of the molecule is Cc1cccc(CN2CCN(C(=O)c3ccn(C)c(=O)c3)CC2)c1. The van der Waals surface area contributed by atoms with E-state index in [9.17, 15) is 9.59 Å². The lowest BCUT2D eigenvalue weighted by Crippen LogP contribution is -2.48. The monoisotopic (exact) mass is 325 g/mol. The molecule has 0 bridgehead atoms. The smallest absolute Gasteiger partial charge is 0.254 e. The van der Waals surface area contributed by atoms with Crippen molar-refractivity contribution in [2.24, 2.45) is 7.05 Å². The average Bonchev–Trinajstić information content (AvgIpc) is 2.57. The van der Waals surface area contributed by atoms with Crippen LogP contribution in [0.1, 0.15) is 21.5 Å². The molecule has 1 aromatic carbocycles. The summed E-state index contributed by atoms with van der Waals surface area (Å²) in [4.78, 5) is 28.4. The Labute approximate surface area is 142 Å². The predicted octanol–water partition coefficient (Wildman–Crippen LogP) is 1.65. The Balaban J connectivity index is 1.59. The zero-order valence-electron chi connectivity index (χ0n) is 14.2. The van der Waals surface area contributed by atoms with Gasteiger partial charge in [-0.2, -0.15) is 0 Å². The van der Waals surface area contributed by atoms with E-state index in [1.165, 1.54) is 21.8 Å². The van der Waals surface area contributed by atoms with E-state index in [0.717, 1.165) is 19.6 Å². The molecule has 3 rings (SSSR count). The van der Waals surface area contributed by atoms with Crippen LogP contribution in [0.3, 0.4) is 0 Å². The van der Waals surface area contributed by atoms with Crippen LogP contribution in [0.15, 0.2) is 47.4 Å². The number of carbonyl (C=O) groups excluding carboxylic acids is 1. The van der Waals surface area contributed by atoms with Crippen LogP contribution in [0.2, 0.25) is 0 Å². The lowest BCUT2D eigenvalue weighted by molar-refractivity contribution is 0.0628. The van der Waals surface area contributed by atoms with Gasteiger partial charge in [-0.25, -0.2) is 0 Å². The number of aryl methyl sites for hydroxylation is 2. The summed E-state index contributed by atoms with van der Waals surface area (Å²) in [6.45, 7) is 6.11. The number of piperazine rings is 1. The largest absolute Gasteiger partial charge is 0.336 e. The molecule has 2 heterocycles. The van der Waals surface area contributed by atoms with E-state index < -0.39 is 0 Å². The van der Waals surface area contributed by atoms with E-state index in [0.29, 0.717) is 18.7 Å². The van der Waals surface area contributed by atoms with Crippen LogP contribution in [-0.4, -0.2) is 46.5 Å². The molecule has 1 aromatic heterocycles. The topological polar surface area (TPSA) is 45.5 Å².